The van der Waals surface area contributed by atoms with Crippen molar-refractivity contribution in [1.82, 2.24) is 0 Å². The van der Waals surface area contributed by atoms with E-state index in [1.165, 1.54) is 0 Å². The summed E-state index contributed by atoms with van der Waals surface area (Å²) in [5, 5.41) is 0. The first-order chi connectivity index (χ1) is 7.60. The number of benzene rings is 1. The van der Waals surface area contributed by atoms with Gasteiger partial charge in [0, 0.05) is 0 Å². The Kier molecular flexibility index (Phi) is 3.93. The van der Waals surface area contributed by atoms with E-state index in [-0.39, 0.29) is 5.91 Å². The maximum absolute atomic E-state index is 11.6. The first-order valence-electron chi connectivity index (χ1n) is 5.55. The van der Waals surface area contributed by atoms with Crippen molar-refractivity contribution in [1.29, 1.82) is 0 Å². The molecule has 0 bridgehead atoms. The fourth-order valence-electron chi connectivity index (χ4n) is 2.06. The van der Waals surface area contributed by atoms with Gasteiger partial charge in [0.15, 0.2) is 0 Å². The van der Waals surface area contributed by atoms with Crippen molar-refractivity contribution in [3.05, 3.63) is 29.8 Å². The van der Waals surface area contributed by atoms with Gasteiger partial charge in [-0.3, -0.25) is 4.79 Å². The Balaban J connectivity index is 3.16. The van der Waals surface area contributed by atoms with Crippen LogP contribution in [0, 0.1) is 0 Å². The van der Waals surface area contributed by atoms with Crippen LogP contribution < -0.4 is 10.5 Å². The Labute approximate surface area is 96.6 Å². The molecule has 0 fully saturated rings. The second-order valence-electron chi connectivity index (χ2n) is 3.88. The van der Waals surface area contributed by atoms with Gasteiger partial charge in [0.25, 0.3) is 0 Å². The molecule has 1 rings (SSSR count). The molecule has 1 aromatic rings. The summed E-state index contributed by atoms with van der Waals surface area (Å²) in [6.07, 6.45) is 1.43. The van der Waals surface area contributed by atoms with E-state index < -0.39 is 5.41 Å². The SMILES string of the molecule is CCC(CC)(C(N)=O)c1ccc(OC)cc1. The summed E-state index contributed by atoms with van der Waals surface area (Å²) in [5.41, 5.74) is 5.94. The fourth-order valence-corrected chi connectivity index (χ4v) is 2.06. The molecule has 0 spiro atoms. The average molecular weight is 221 g/mol. The number of rotatable bonds is 5. The first kappa shape index (κ1) is 12.6. The van der Waals surface area contributed by atoms with E-state index in [1.807, 2.05) is 38.1 Å². The molecule has 2 N–H and O–H groups in total. The van der Waals surface area contributed by atoms with Gasteiger partial charge in [0.05, 0.1) is 12.5 Å². The zero-order valence-corrected chi connectivity index (χ0v) is 10.1. The number of ether oxygens (including phenoxy) is 1. The summed E-state index contributed by atoms with van der Waals surface area (Å²) in [4.78, 5) is 11.6. The second-order valence-corrected chi connectivity index (χ2v) is 3.88. The summed E-state index contributed by atoms with van der Waals surface area (Å²) >= 11 is 0. The highest BCUT2D eigenvalue weighted by molar-refractivity contribution is 5.86. The molecule has 0 unspecified atom stereocenters. The van der Waals surface area contributed by atoms with Crippen LogP contribution in [0.1, 0.15) is 32.3 Å². The summed E-state index contributed by atoms with van der Waals surface area (Å²) in [5.74, 6) is 0.525. The Bertz CT molecular complexity index is 353. The van der Waals surface area contributed by atoms with Crippen LogP contribution >= 0.6 is 0 Å². The zero-order chi connectivity index (χ0) is 12.2. The number of amides is 1. The Morgan fingerprint density at radius 2 is 1.75 bits per heavy atom. The fraction of sp³-hybridized carbons (Fsp3) is 0.462. The van der Waals surface area contributed by atoms with E-state index in [4.69, 9.17) is 10.5 Å². The molecule has 0 atom stereocenters. The van der Waals surface area contributed by atoms with Crippen LogP contribution in [0.3, 0.4) is 0 Å². The van der Waals surface area contributed by atoms with Gasteiger partial charge in [-0.15, -0.1) is 0 Å². The highest BCUT2D eigenvalue weighted by Crippen LogP contribution is 2.32. The van der Waals surface area contributed by atoms with Crippen LogP contribution in [0.5, 0.6) is 5.75 Å². The van der Waals surface area contributed by atoms with Gasteiger partial charge in [-0.25, -0.2) is 0 Å². The molecule has 0 radical (unpaired) electrons. The Morgan fingerprint density at radius 3 is 2.06 bits per heavy atom. The number of hydrogen-bond acceptors (Lipinski definition) is 2. The maximum atomic E-state index is 11.6. The van der Waals surface area contributed by atoms with E-state index in [0.717, 1.165) is 11.3 Å². The van der Waals surface area contributed by atoms with Gasteiger partial charge in [0.2, 0.25) is 5.91 Å². The molecule has 0 aliphatic carbocycles. The molecule has 0 heterocycles. The van der Waals surface area contributed by atoms with Crippen molar-refractivity contribution in [2.45, 2.75) is 32.1 Å². The minimum Gasteiger partial charge on any atom is -0.497 e. The summed E-state index contributed by atoms with van der Waals surface area (Å²) in [6, 6.07) is 7.55. The largest absolute Gasteiger partial charge is 0.497 e. The lowest BCUT2D eigenvalue weighted by molar-refractivity contribution is -0.123. The molecule has 0 saturated carbocycles. The molecular formula is C13H19NO2. The van der Waals surface area contributed by atoms with Crippen molar-refractivity contribution in [2.24, 2.45) is 5.73 Å². The number of carbonyl (C=O) groups is 1. The van der Waals surface area contributed by atoms with Crippen molar-refractivity contribution in [2.75, 3.05) is 7.11 Å². The van der Waals surface area contributed by atoms with Crippen LogP contribution in [-0.2, 0) is 10.2 Å². The molecule has 3 nitrogen and oxygen atoms in total. The van der Waals surface area contributed by atoms with Crippen LogP contribution in [0.4, 0.5) is 0 Å². The van der Waals surface area contributed by atoms with Crippen molar-refractivity contribution in [3.8, 4) is 5.75 Å². The van der Waals surface area contributed by atoms with Crippen molar-refractivity contribution < 1.29 is 9.53 Å². The Hall–Kier alpha value is -1.51. The van der Waals surface area contributed by atoms with E-state index in [2.05, 4.69) is 0 Å². The van der Waals surface area contributed by atoms with Gasteiger partial charge in [0.1, 0.15) is 5.75 Å². The van der Waals surface area contributed by atoms with E-state index >= 15 is 0 Å². The highest BCUT2D eigenvalue weighted by Gasteiger charge is 2.34. The number of hydrogen-bond donors (Lipinski definition) is 1. The average Bonchev–Trinajstić information content (AvgIpc) is 2.32. The minimum absolute atomic E-state index is 0.261. The number of methoxy groups -OCH3 is 1. The van der Waals surface area contributed by atoms with Gasteiger partial charge < -0.3 is 10.5 Å². The number of nitrogens with two attached hydrogens (primary N) is 1. The van der Waals surface area contributed by atoms with Gasteiger partial charge >= 0.3 is 0 Å². The van der Waals surface area contributed by atoms with E-state index in [1.54, 1.807) is 7.11 Å². The van der Waals surface area contributed by atoms with Crippen LogP contribution in [0.25, 0.3) is 0 Å². The third-order valence-corrected chi connectivity index (χ3v) is 3.32. The lowest BCUT2D eigenvalue weighted by Crippen LogP contribution is -2.40. The zero-order valence-electron chi connectivity index (χ0n) is 10.1. The molecule has 0 saturated heterocycles. The van der Waals surface area contributed by atoms with Gasteiger partial charge in [-0.05, 0) is 30.5 Å². The molecule has 88 valence electrons. The second kappa shape index (κ2) is 5.01. The third kappa shape index (κ3) is 2.03. The smallest absolute Gasteiger partial charge is 0.228 e. The van der Waals surface area contributed by atoms with Crippen LogP contribution in [0.15, 0.2) is 24.3 Å². The summed E-state index contributed by atoms with van der Waals surface area (Å²) in [6.45, 7) is 3.97. The monoisotopic (exact) mass is 221 g/mol. The predicted octanol–water partition coefficient (Wildman–Crippen LogP) is 2.24. The summed E-state index contributed by atoms with van der Waals surface area (Å²) in [7, 11) is 1.62. The van der Waals surface area contributed by atoms with E-state index in [9.17, 15) is 4.79 Å². The first-order valence-corrected chi connectivity index (χ1v) is 5.55. The minimum atomic E-state index is -0.549. The van der Waals surface area contributed by atoms with Gasteiger partial charge in [-0.1, -0.05) is 26.0 Å². The lowest BCUT2D eigenvalue weighted by Gasteiger charge is -2.28. The normalized spacial score (nSPS) is 11.2. The molecule has 16 heavy (non-hydrogen) atoms. The molecule has 1 amide bonds. The quantitative estimate of drug-likeness (QED) is 0.829. The molecule has 0 aliphatic heterocycles. The summed E-state index contributed by atoms with van der Waals surface area (Å²) < 4.78 is 5.09. The van der Waals surface area contributed by atoms with E-state index in [0.29, 0.717) is 12.8 Å². The van der Waals surface area contributed by atoms with Crippen molar-refractivity contribution >= 4 is 5.91 Å². The third-order valence-electron chi connectivity index (χ3n) is 3.32. The molecule has 1 aromatic carbocycles. The number of primary amides is 1. The molecule has 3 heteroatoms. The predicted molar refractivity (Wildman–Crippen MR) is 64.4 cm³/mol. The number of carbonyl (C=O) groups excluding carboxylic acids is 1. The molecule has 0 aliphatic rings. The lowest BCUT2D eigenvalue weighted by atomic mass is 9.75. The maximum Gasteiger partial charge on any atom is 0.228 e. The van der Waals surface area contributed by atoms with Gasteiger partial charge in [-0.2, -0.15) is 0 Å². The van der Waals surface area contributed by atoms with Crippen molar-refractivity contribution in [3.63, 3.8) is 0 Å². The molecular weight excluding hydrogens is 202 g/mol. The molecule has 0 aromatic heterocycles. The topological polar surface area (TPSA) is 52.3 Å². The van der Waals surface area contributed by atoms with Crippen LogP contribution in [0.2, 0.25) is 0 Å². The van der Waals surface area contributed by atoms with Crippen LogP contribution in [-0.4, -0.2) is 13.0 Å². The highest BCUT2D eigenvalue weighted by atomic mass is 16.5. The standard InChI is InChI=1S/C13H19NO2/c1-4-13(5-2,12(14)15)10-6-8-11(16-3)9-7-10/h6-9H,4-5H2,1-3H3,(H2,14,15). The Morgan fingerprint density at radius 1 is 1.25 bits per heavy atom.